The fraction of sp³-hybridized carbons (Fsp3) is 0.600. The van der Waals surface area contributed by atoms with E-state index in [0.29, 0.717) is 5.88 Å². The average Bonchev–Trinajstić information content (AvgIpc) is 2.28. The summed E-state index contributed by atoms with van der Waals surface area (Å²) < 4.78 is 0. The fourth-order valence-electron chi connectivity index (χ4n) is 1.28. The van der Waals surface area contributed by atoms with Crippen LogP contribution in [0.25, 0.3) is 0 Å². The second-order valence-electron chi connectivity index (χ2n) is 3.34. The lowest BCUT2D eigenvalue weighted by atomic mass is 9.95. The van der Waals surface area contributed by atoms with E-state index in [1.54, 1.807) is 18.6 Å². The molecule has 0 atom stereocenters. The molecule has 0 aliphatic carbocycles. The molecule has 0 aliphatic rings. The molecule has 1 aromatic rings. The van der Waals surface area contributed by atoms with Crippen LogP contribution >= 0.6 is 11.6 Å². The van der Waals surface area contributed by atoms with Crippen molar-refractivity contribution in [3.05, 3.63) is 18.6 Å². The molecule has 4 heteroatoms. The van der Waals surface area contributed by atoms with E-state index in [-0.39, 0.29) is 5.54 Å². The lowest BCUT2D eigenvalue weighted by molar-refractivity contribution is 0.482. The Hall–Kier alpha value is -0.830. The highest BCUT2D eigenvalue weighted by Crippen LogP contribution is 2.21. The third kappa shape index (κ3) is 2.58. The number of rotatable bonds is 5. The summed E-state index contributed by atoms with van der Waals surface area (Å²) >= 11 is 5.96. The van der Waals surface area contributed by atoms with Crippen molar-refractivity contribution < 1.29 is 0 Å². The maximum Gasteiger partial charge on any atom is 0.144 e. The molecular weight excluding hydrogens is 198 g/mol. The summed E-state index contributed by atoms with van der Waals surface area (Å²) in [6.07, 6.45) is 7.00. The van der Waals surface area contributed by atoms with Crippen LogP contribution in [0, 0.1) is 0 Å². The topological polar surface area (TPSA) is 37.8 Å². The number of alkyl halides is 1. The minimum Gasteiger partial charge on any atom is -0.362 e. The van der Waals surface area contributed by atoms with E-state index in [0.717, 1.165) is 18.7 Å². The molecular formula is C10H16ClN3. The molecule has 1 aromatic heterocycles. The van der Waals surface area contributed by atoms with Gasteiger partial charge in [0, 0.05) is 18.3 Å². The lowest BCUT2D eigenvalue weighted by Crippen LogP contribution is -2.39. The molecule has 3 nitrogen and oxygen atoms in total. The minimum atomic E-state index is -0.0579. The van der Waals surface area contributed by atoms with Crippen molar-refractivity contribution in [2.45, 2.75) is 32.2 Å². The van der Waals surface area contributed by atoms with Gasteiger partial charge in [0.25, 0.3) is 0 Å². The highest BCUT2D eigenvalue weighted by atomic mass is 35.5. The fourth-order valence-corrected chi connectivity index (χ4v) is 1.73. The summed E-state index contributed by atoms with van der Waals surface area (Å²) in [5.74, 6) is 1.37. The number of aromatic nitrogens is 2. The van der Waals surface area contributed by atoms with Gasteiger partial charge in [-0.3, -0.25) is 4.98 Å². The van der Waals surface area contributed by atoms with Gasteiger partial charge in [-0.1, -0.05) is 13.8 Å². The molecule has 1 N–H and O–H groups in total. The van der Waals surface area contributed by atoms with Crippen LogP contribution in [0.2, 0.25) is 0 Å². The number of nitrogens with zero attached hydrogens (tertiary/aromatic N) is 2. The van der Waals surface area contributed by atoms with E-state index >= 15 is 0 Å². The van der Waals surface area contributed by atoms with Crippen LogP contribution in [0.4, 0.5) is 5.82 Å². The van der Waals surface area contributed by atoms with Gasteiger partial charge in [0.15, 0.2) is 0 Å². The van der Waals surface area contributed by atoms with Crippen molar-refractivity contribution in [2.75, 3.05) is 11.2 Å². The molecule has 0 spiro atoms. The quantitative estimate of drug-likeness (QED) is 0.765. The van der Waals surface area contributed by atoms with Gasteiger partial charge in [-0.05, 0) is 12.8 Å². The molecule has 0 unspecified atom stereocenters. The zero-order chi connectivity index (χ0) is 10.4. The van der Waals surface area contributed by atoms with E-state index < -0.39 is 0 Å². The van der Waals surface area contributed by atoms with Gasteiger partial charge >= 0.3 is 0 Å². The Bertz CT molecular complexity index is 251. The van der Waals surface area contributed by atoms with Crippen molar-refractivity contribution in [3.63, 3.8) is 0 Å². The predicted octanol–water partition coefficient (Wildman–Crippen LogP) is 2.69. The molecule has 14 heavy (non-hydrogen) atoms. The molecule has 0 radical (unpaired) electrons. The first kappa shape index (κ1) is 11.2. The largest absolute Gasteiger partial charge is 0.362 e. The first-order valence-corrected chi connectivity index (χ1v) is 5.40. The molecule has 1 rings (SSSR count). The first-order valence-electron chi connectivity index (χ1n) is 4.86. The van der Waals surface area contributed by atoms with E-state index in [2.05, 4.69) is 29.1 Å². The summed E-state index contributed by atoms with van der Waals surface area (Å²) in [7, 11) is 0. The van der Waals surface area contributed by atoms with Crippen LogP contribution < -0.4 is 5.32 Å². The summed E-state index contributed by atoms with van der Waals surface area (Å²) in [6.45, 7) is 4.24. The number of halogens is 1. The zero-order valence-electron chi connectivity index (χ0n) is 8.63. The van der Waals surface area contributed by atoms with E-state index in [1.165, 1.54) is 0 Å². The second kappa shape index (κ2) is 5.15. The second-order valence-corrected chi connectivity index (χ2v) is 3.60. The summed E-state index contributed by atoms with van der Waals surface area (Å²) in [6, 6.07) is 0. The monoisotopic (exact) mass is 213 g/mol. The Morgan fingerprint density at radius 1 is 1.36 bits per heavy atom. The smallest absolute Gasteiger partial charge is 0.144 e. The van der Waals surface area contributed by atoms with Crippen molar-refractivity contribution in [1.29, 1.82) is 0 Å². The predicted molar refractivity (Wildman–Crippen MR) is 59.7 cm³/mol. The van der Waals surface area contributed by atoms with Gasteiger partial charge in [-0.2, -0.15) is 0 Å². The van der Waals surface area contributed by atoms with Crippen LogP contribution in [0.15, 0.2) is 18.6 Å². The van der Waals surface area contributed by atoms with Gasteiger partial charge in [0.2, 0.25) is 0 Å². The first-order chi connectivity index (χ1) is 6.76. The molecule has 78 valence electrons. The van der Waals surface area contributed by atoms with Crippen molar-refractivity contribution in [1.82, 2.24) is 9.97 Å². The lowest BCUT2D eigenvalue weighted by Gasteiger charge is -2.30. The van der Waals surface area contributed by atoms with Gasteiger partial charge in [0.1, 0.15) is 5.82 Å². The van der Waals surface area contributed by atoms with Crippen molar-refractivity contribution in [2.24, 2.45) is 0 Å². The Balaban J connectivity index is 2.74. The number of hydrogen-bond donors (Lipinski definition) is 1. The zero-order valence-corrected chi connectivity index (χ0v) is 9.38. The maximum absolute atomic E-state index is 5.96. The molecule has 0 saturated carbocycles. The van der Waals surface area contributed by atoms with Gasteiger partial charge in [-0.25, -0.2) is 4.98 Å². The Labute approximate surface area is 89.9 Å². The third-order valence-electron chi connectivity index (χ3n) is 2.57. The summed E-state index contributed by atoms with van der Waals surface area (Å²) in [4.78, 5) is 8.18. The van der Waals surface area contributed by atoms with E-state index in [4.69, 9.17) is 11.6 Å². The van der Waals surface area contributed by atoms with Gasteiger partial charge in [-0.15, -0.1) is 11.6 Å². The van der Waals surface area contributed by atoms with Crippen molar-refractivity contribution >= 4 is 17.4 Å². The molecule has 0 aliphatic heterocycles. The Kier molecular flexibility index (Phi) is 4.14. The molecule has 0 bridgehead atoms. The average molecular weight is 214 g/mol. The Morgan fingerprint density at radius 3 is 2.50 bits per heavy atom. The van der Waals surface area contributed by atoms with Gasteiger partial charge in [0.05, 0.1) is 11.7 Å². The summed E-state index contributed by atoms with van der Waals surface area (Å²) in [5, 5.41) is 3.34. The van der Waals surface area contributed by atoms with Crippen LogP contribution in [0.1, 0.15) is 26.7 Å². The standard InChI is InChI=1S/C10H16ClN3/c1-3-10(4-2,8-11)14-9-7-12-5-6-13-9/h5-7H,3-4,8H2,1-2H3,(H,13,14). The molecule has 0 fully saturated rings. The van der Waals surface area contributed by atoms with Crippen LogP contribution in [0.3, 0.4) is 0 Å². The Morgan fingerprint density at radius 2 is 2.07 bits per heavy atom. The SMILES string of the molecule is CCC(CC)(CCl)Nc1cnccn1. The van der Waals surface area contributed by atoms with E-state index in [9.17, 15) is 0 Å². The third-order valence-corrected chi connectivity index (χ3v) is 3.08. The van der Waals surface area contributed by atoms with Gasteiger partial charge < -0.3 is 5.32 Å². The van der Waals surface area contributed by atoms with Crippen LogP contribution in [0.5, 0.6) is 0 Å². The minimum absolute atomic E-state index is 0.0579. The highest BCUT2D eigenvalue weighted by Gasteiger charge is 2.24. The van der Waals surface area contributed by atoms with Crippen molar-refractivity contribution in [3.8, 4) is 0 Å². The molecule has 0 aromatic carbocycles. The molecule has 0 amide bonds. The molecule has 0 saturated heterocycles. The maximum atomic E-state index is 5.96. The normalized spacial score (nSPS) is 11.4. The van der Waals surface area contributed by atoms with Crippen LogP contribution in [-0.2, 0) is 0 Å². The number of nitrogens with one attached hydrogen (secondary N) is 1. The highest BCUT2D eigenvalue weighted by molar-refractivity contribution is 6.18. The van der Waals surface area contributed by atoms with E-state index in [1.807, 2.05) is 0 Å². The molecule has 1 heterocycles. The number of anilines is 1. The summed E-state index contributed by atoms with van der Waals surface area (Å²) in [5.41, 5.74) is -0.0579. The van der Waals surface area contributed by atoms with Crippen LogP contribution in [-0.4, -0.2) is 21.4 Å². The number of hydrogen-bond acceptors (Lipinski definition) is 3.